The van der Waals surface area contributed by atoms with Crippen LogP contribution in [-0.4, -0.2) is 25.4 Å². The molecule has 1 N–H and O–H groups in total. The molecule has 0 heterocycles. The molecule has 1 rings (SSSR count). The normalized spacial score (nSPS) is 13.2. The van der Waals surface area contributed by atoms with Crippen LogP contribution in [0.1, 0.15) is 5.56 Å². The van der Waals surface area contributed by atoms with Crippen LogP contribution in [-0.2, 0) is 16.0 Å². The molecule has 0 amide bonds. The van der Waals surface area contributed by atoms with Crippen LogP contribution in [0.3, 0.4) is 0 Å². The van der Waals surface area contributed by atoms with Gasteiger partial charge in [0.2, 0.25) is 0 Å². The third kappa shape index (κ3) is 4.86. The van der Waals surface area contributed by atoms with E-state index >= 15 is 0 Å². The Morgan fingerprint density at radius 1 is 1.35 bits per heavy atom. The van der Waals surface area contributed by atoms with Gasteiger partial charge in [-0.3, -0.25) is 4.79 Å². The second-order valence-electron chi connectivity index (χ2n) is 3.41. The number of carbonyl (C=O) groups excluding carboxylic acids is 1. The number of rotatable bonds is 4. The summed E-state index contributed by atoms with van der Waals surface area (Å²) >= 11 is 0. The number of benzene rings is 1. The van der Waals surface area contributed by atoms with Crippen molar-refractivity contribution in [3.8, 4) is 0 Å². The molecule has 0 radical (unpaired) electrons. The van der Waals surface area contributed by atoms with Gasteiger partial charge < -0.3 is 4.74 Å². The lowest BCUT2D eigenvalue weighted by molar-refractivity contribution is -0.175. The van der Waals surface area contributed by atoms with Gasteiger partial charge in [-0.25, -0.2) is 5.32 Å². The molecule has 0 fully saturated rings. The second-order valence-corrected chi connectivity index (χ2v) is 3.41. The number of hydrogen-bond acceptors (Lipinski definition) is 3. The maximum absolute atomic E-state index is 12.2. The minimum absolute atomic E-state index is 0.0764. The van der Waals surface area contributed by atoms with Gasteiger partial charge in [0.05, 0.1) is 7.11 Å². The number of esters is 1. The predicted octanol–water partition coefficient (Wildman–Crippen LogP) is 1.88. The van der Waals surface area contributed by atoms with Crippen LogP contribution in [0.15, 0.2) is 30.3 Å². The van der Waals surface area contributed by atoms with E-state index in [2.05, 4.69) is 4.74 Å². The third-order valence-electron chi connectivity index (χ3n) is 2.11. The van der Waals surface area contributed by atoms with Gasteiger partial charge in [-0.15, -0.1) is 0 Å². The monoisotopic (exact) mass is 247 g/mol. The largest absolute Gasteiger partial charge is 0.468 e. The summed E-state index contributed by atoms with van der Waals surface area (Å²) in [4.78, 5) is 11.2. The summed E-state index contributed by atoms with van der Waals surface area (Å²) in [5, 5.41) is 1.28. The first kappa shape index (κ1) is 13.5. The fraction of sp³-hybridized carbons (Fsp3) is 0.364. The number of alkyl halides is 3. The maximum atomic E-state index is 12.2. The van der Waals surface area contributed by atoms with Crippen LogP contribution in [0.2, 0.25) is 0 Å². The van der Waals surface area contributed by atoms with Crippen LogP contribution < -0.4 is 5.32 Å². The van der Waals surface area contributed by atoms with Crippen molar-refractivity contribution < 1.29 is 22.7 Å². The van der Waals surface area contributed by atoms with Crippen molar-refractivity contribution in [3.05, 3.63) is 35.9 Å². The Morgan fingerprint density at radius 3 is 2.41 bits per heavy atom. The Morgan fingerprint density at radius 2 is 1.94 bits per heavy atom. The first-order chi connectivity index (χ1) is 7.92. The smallest absolute Gasteiger partial charge is 0.457 e. The highest BCUT2D eigenvalue weighted by molar-refractivity contribution is 5.76. The average Bonchev–Trinajstić information content (AvgIpc) is 2.27. The van der Waals surface area contributed by atoms with Gasteiger partial charge in [0.1, 0.15) is 6.04 Å². The van der Waals surface area contributed by atoms with E-state index in [0.29, 0.717) is 5.56 Å². The van der Waals surface area contributed by atoms with Crippen LogP contribution in [0.4, 0.5) is 13.2 Å². The Kier molecular flexibility index (Phi) is 4.51. The number of methoxy groups -OCH3 is 1. The molecule has 0 bridgehead atoms. The maximum Gasteiger partial charge on any atom is 0.457 e. The molecular formula is C11H12F3NO2. The summed E-state index contributed by atoms with van der Waals surface area (Å²) in [6.07, 6.45) is -4.69. The molecule has 17 heavy (non-hydrogen) atoms. The van der Waals surface area contributed by atoms with Gasteiger partial charge >= 0.3 is 12.3 Å². The van der Waals surface area contributed by atoms with Crippen molar-refractivity contribution in [2.75, 3.05) is 7.11 Å². The molecular weight excluding hydrogens is 235 g/mol. The third-order valence-corrected chi connectivity index (χ3v) is 2.11. The molecule has 0 spiro atoms. The lowest BCUT2D eigenvalue weighted by Crippen LogP contribution is -2.47. The van der Waals surface area contributed by atoms with Crippen molar-refractivity contribution in [1.82, 2.24) is 5.32 Å². The fourth-order valence-corrected chi connectivity index (χ4v) is 1.38. The molecule has 0 saturated heterocycles. The highest BCUT2D eigenvalue weighted by Crippen LogP contribution is 2.14. The fourth-order valence-electron chi connectivity index (χ4n) is 1.38. The number of hydrogen-bond donors (Lipinski definition) is 1. The van der Waals surface area contributed by atoms with Crippen LogP contribution >= 0.6 is 0 Å². The molecule has 1 aromatic rings. The molecule has 0 saturated carbocycles. The molecule has 6 heteroatoms. The van der Waals surface area contributed by atoms with E-state index < -0.39 is 18.3 Å². The topological polar surface area (TPSA) is 38.3 Å². The Balaban J connectivity index is 2.74. The highest BCUT2D eigenvalue weighted by Gasteiger charge is 2.34. The lowest BCUT2D eigenvalue weighted by Gasteiger charge is -2.18. The zero-order valence-corrected chi connectivity index (χ0v) is 9.12. The van der Waals surface area contributed by atoms with Crippen molar-refractivity contribution in [2.24, 2.45) is 0 Å². The Bertz CT molecular complexity index is 365. The van der Waals surface area contributed by atoms with Gasteiger partial charge in [-0.05, 0) is 12.0 Å². The zero-order valence-electron chi connectivity index (χ0n) is 9.12. The summed E-state index contributed by atoms with van der Waals surface area (Å²) in [5.41, 5.74) is 0.625. The second kappa shape index (κ2) is 5.67. The number of nitrogens with one attached hydrogen (secondary N) is 1. The van der Waals surface area contributed by atoms with Gasteiger partial charge in [0.15, 0.2) is 0 Å². The van der Waals surface area contributed by atoms with Crippen molar-refractivity contribution in [1.29, 1.82) is 0 Å². The molecule has 0 aromatic heterocycles. The molecule has 94 valence electrons. The standard InChI is InChI=1S/C11H12F3NO2/c1-17-10(16)9(15-11(12,13)14)7-8-5-3-2-4-6-8/h2-6,9,15H,7H2,1H3/t9-/m0/s1. The molecule has 0 aliphatic heterocycles. The van der Waals surface area contributed by atoms with Crippen LogP contribution in [0, 0.1) is 0 Å². The first-order valence-corrected chi connectivity index (χ1v) is 4.88. The van der Waals surface area contributed by atoms with E-state index in [-0.39, 0.29) is 6.42 Å². The summed E-state index contributed by atoms with van der Waals surface area (Å²) < 4.78 is 40.9. The number of halogens is 3. The number of ether oxygens (including phenoxy) is 1. The minimum atomic E-state index is -4.62. The zero-order chi connectivity index (χ0) is 12.9. The van der Waals surface area contributed by atoms with Crippen LogP contribution in [0.5, 0.6) is 0 Å². The van der Waals surface area contributed by atoms with E-state index in [9.17, 15) is 18.0 Å². The van der Waals surface area contributed by atoms with E-state index in [4.69, 9.17) is 0 Å². The lowest BCUT2D eigenvalue weighted by atomic mass is 10.1. The Hall–Kier alpha value is -1.56. The quantitative estimate of drug-likeness (QED) is 0.652. The first-order valence-electron chi connectivity index (χ1n) is 4.88. The van der Waals surface area contributed by atoms with Gasteiger partial charge in [0, 0.05) is 0 Å². The van der Waals surface area contributed by atoms with E-state index in [1.54, 1.807) is 30.3 Å². The summed E-state index contributed by atoms with van der Waals surface area (Å²) in [6, 6.07) is 6.99. The van der Waals surface area contributed by atoms with Crippen molar-refractivity contribution >= 4 is 5.97 Å². The SMILES string of the molecule is COC(=O)[C@H](Cc1ccccc1)NC(F)(F)F. The Labute approximate surface area is 96.6 Å². The molecule has 0 aliphatic rings. The molecule has 0 unspecified atom stereocenters. The minimum Gasteiger partial charge on any atom is -0.468 e. The van der Waals surface area contributed by atoms with Crippen molar-refractivity contribution in [2.45, 2.75) is 18.8 Å². The number of carbonyl (C=O) groups is 1. The van der Waals surface area contributed by atoms with Crippen molar-refractivity contribution in [3.63, 3.8) is 0 Å². The van der Waals surface area contributed by atoms with Gasteiger partial charge in [-0.1, -0.05) is 30.3 Å². The van der Waals surface area contributed by atoms with Gasteiger partial charge in [0.25, 0.3) is 0 Å². The van der Waals surface area contributed by atoms with E-state index in [0.717, 1.165) is 7.11 Å². The molecule has 0 aliphatic carbocycles. The molecule has 3 nitrogen and oxygen atoms in total. The van der Waals surface area contributed by atoms with E-state index in [1.165, 1.54) is 5.32 Å². The summed E-state index contributed by atoms with van der Waals surface area (Å²) in [5.74, 6) is -0.939. The average molecular weight is 247 g/mol. The molecule has 1 aromatic carbocycles. The molecule has 1 atom stereocenters. The highest BCUT2D eigenvalue weighted by atomic mass is 19.4. The van der Waals surface area contributed by atoms with Crippen LogP contribution in [0.25, 0.3) is 0 Å². The van der Waals surface area contributed by atoms with Gasteiger partial charge in [-0.2, -0.15) is 13.2 Å². The van der Waals surface area contributed by atoms with E-state index in [1.807, 2.05) is 0 Å². The summed E-state index contributed by atoms with van der Waals surface area (Å²) in [6.45, 7) is 0. The summed E-state index contributed by atoms with van der Waals surface area (Å²) in [7, 11) is 1.05. The predicted molar refractivity (Wildman–Crippen MR) is 55.1 cm³/mol.